The summed E-state index contributed by atoms with van der Waals surface area (Å²) in [5, 5.41) is 0. The number of ether oxygens (including phenoxy) is 3. The van der Waals surface area contributed by atoms with Gasteiger partial charge in [-0.25, -0.2) is 9.18 Å². The maximum atomic E-state index is 14.4. The first kappa shape index (κ1) is 24.7. The molecular weight excluding hydrogens is 455 g/mol. The van der Waals surface area contributed by atoms with Crippen LogP contribution >= 0.6 is 0 Å². The number of nitrogens with zero attached hydrogens (tertiary/aromatic N) is 2. The number of Topliss-reactive ketones (excluding diaryl/α,β-unsaturated/α-hetero) is 1. The molecule has 0 spiro atoms. The van der Waals surface area contributed by atoms with E-state index in [2.05, 4.69) is 0 Å². The fourth-order valence-corrected chi connectivity index (χ4v) is 4.13. The number of hydrogen-bond donors (Lipinski definition) is 0. The normalized spacial score (nSPS) is 17.8. The van der Waals surface area contributed by atoms with Crippen LogP contribution in [-0.2, 0) is 14.3 Å². The van der Waals surface area contributed by atoms with Crippen molar-refractivity contribution in [3.8, 4) is 5.75 Å². The molecule has 0 aliphatic carbocycles. The molecule has 2 aromatic carbocycles. The molecule has 0 aromatic heterocycles. The molecule has 8 nitrogen and oxygen atoms in total. The molecule has 1 unspecified atom stereocenters. The standard InChI is InChI=1S/C26H29FN2O6/c1-18(30)20-6-9-24(23(27)15-20)28-10-12-29(13-11-28)25(31)17-35-26(32)19-4-7-21(8-5-19)34-16-22-3-2-14-33-22/h4-9,15,22H,2-3,10-14,16-17H2,1H3. The lowest BCUT2D eigenvalue weighted by Gasteiger charge is -2.36. The van der Waals surface area contributed by atoms with Crippen LogP contribution in [0.4, 0.5) is 10.1 Å². The molecule has 2 fully saturated rings. The lowest BCUT2D eigenvalue weighted by atomic mass is 10.1. The number of esters is 1. The molecule has 35 heavy (non-hydrogen) atoms. The number of anilines is 1. The Morgan fingerprint density at radius 2 is 1.74 bits per heavy atom. The van der Waals surface area contributed by atoms with E-state index < -0.39 is 11.8 Å². The van der Waals surface area contributed by atoms with Crippen LogP contribution < -0.4 is 9.64 Å². The van der Waals surface area contributed by atoms with Gasteiger partial charge >= 0.3 is 5.97 Å². The Balaban J connectivity index is 1.21. The molecule has 2 aliphatic heterocycles. The number of benzene rings is 2. The van der Waals surface area contributed by atoms with Gasteiger partial charge in [0.2, 0.25) is 0 Å². The van der Waals surface area contributed by atoms with Gasteiger partial charge in [-0.1, -0.05) is 0 Å². The number of rotatable bonds is 8. The van der Waals surface area contributed by atoms with E-state index in [-0.39, 0.29) is 24.4 Å². The molecule has 4 rings (SSSR count). The van der Waals surface area contributed by atoms with Gasteiger partial charge in [0.15, 0.2) is 12.4 Å². The Morgan fingerprint density at radius 1 is 1.03 bits per heavy atom. The minimum Gasteiger partial charge on any atom is -0.491 e. The maximum Gasteiger partial charge on any atom is 0.338 e. The van der Waals surface area contributed by atoms with Crippen LogP contribution in [0.2, 0.25) is 0 Å². The van der Waals surface area contributed by atoms with Crippen molar-refractivity contribution in [2.75, 3.05) is 50.9 Å². The summed E-state index contributed by atoms with van der Waals surface area (Å²) >= 11 is 0. The molecular formula is C26H29FN2O6. The highest BCUT2D eigenvalue weighted by atomic mass is 19.1. The summed E-state index contributed by atoms with van der Waals surface area (Å²) in [4.78, 5) is 39.7. The highest BCUT2D eigenvalue weighted by Gasteiger charge is 2.24. The van der Waals surface area contributed by atoms with Crippen LogP contribution in [0.5, 0.6) is 5.75 Å². The highest BCUT2D eigenvalue weighted by Crippen LogP contribution is 2.22. The number of hydrogen-bond acceptors (Lipinski definition) is 7. The molecule has 2 heterocycles. The number of amides is 1. The van der Waals surface area contributed by atoms with E-state index >= 15 is 0 Å². The molecule has 9 heteroatoms. The van der Waals surface area contributed by atoms with Crippen molar-refractivity contribution in [2.45, 2.75) is 25.9 Å². The Hall–Kier alpha value is -3.46. The fourth-order valence-electron chi connectivity index (χ4n) is 4.13. The molecule has 1 amide bonds. The lowest BCUT2D eigenvalue weighted by molar-refractivity contribution is -0.134. The summed E-state index contributed by atoms with van der Waals surface area (Å²) in [5.74, 6) is -0.913. The topological polar surface area (TPSA) is 85.4 Å². The second-order valence-corrected chi connectivity index (χ2v) is 8.64. The smallest absolute Gasteiger partial charge is 0.338 e. The first-order chi connectivity index (χ1) is 16.9. The fraction of sp³-hybridized carbons (Fsp3) is 0.423. The second-order valence-electron chi connectivity index (χ2n) is 8.64. The Kier molecular flexibility index (Phi) is 7.97. The van der Waals surface area contributed by atoms with Crippen molar-refractivity contribution in [2.24, 2.45) is 0 Å². The molecule has 1 atom stereocenters. The Bertz CT molecular complexity index is 1060. The van der Waals surface area contributed by atoms with Crippen LogP contribution in [0.3, 0.4) is 0 Å². The quantitative estimate of drug-likeness (QED) is 0.421. The molecule has 0 bridgehead atoms. The van der Waals surface area contributed by atoms with Gasteiger partial charge in [0.05, 0.1) is 17.4 Å². The molecule has 0 saturated carbocycles. The van der Waals surface area contributed by atoms with Crippen LogP contribution in [-0.4, -0.2) is 74.7 Å². The molecule has 186 valence electrons. The van der Waals surface area contributed by atoms with E-state index in [0.29, 0.717) is 55.3 Å². The zero-order valence-corrected chi connectivity index (χ0v) is 19.7. The largest absolute Gasteiger partial charge is 0.491 e. The van der Waals surface area contributed by atoms with Gasteiger partial charge in [0.1, 0.15) is 18.2 Å². The zero-order chi connectivity index (χ0) is 24.8. The van der Waals surface area contributed by atoms with Gasteiger partial charge < -0.3 is 24.0 Å². The summed E-state index contributed by atoms with van der Waals surface area (Å²) in [6.45, 7) is 3.89. The molecule has 2 saturated heterocycles. The molecule has 2 aromatic rings. The van der Waals surface area contributed by atoms with Crippen molar-refractivity contribution in [3.05, 3.63) is 59.4 Å². The van der Waals surface area contributed by atoms with E-state index in [0.717, 1.165) is 19.4 Å². The van der Waals surface area contributed by atoms with Crippen molar-refractivity contribution in [1.29, 1.82) is 0 Å². The van der Waals surface area contributed by atoms with Gasteiger partial charge in [0, 0.05) is 38.3 Å². The van der Waals surface area contributed by atoms with Crippen LogP contribution in [0, 0.1) is 5.82 Å². The third-order valence-corrected chi connectivity index (χ3v) is 6.20. The number of carbonyl (C=O) groups excluding carboxylic acids is 3. The van der Waals surface area contributed by atoms with Crippen molar-refractivity contribution in [1.82, 2.24) is 4.90 Å². The average molecular weight is 485 g/mol. The average Bonchev–Trinajstić information content (AvgIpc) is 3.40. The van der Waals surface area contributed by atoms with Crippen LogP contribution in [0.1, 0.15) is 40.5 Å². The van der Waals surface area contributed by atoms with Gasteiger partial charge in [0.25, 0.3) is 5.91 Å². The Morgan fingerprint density at radius 3 is 2.37 bits per heavy atom. The monoisotopic (exact) mass is 484 g/mol. The van der Waals surface area contributed by atoms with Gasteiger partial charge in [-0.2, -0.15) is 0 Å². The Labute approximate surface area is 203 Å². The van der Waals surface area contributed by atoms with E-state index in [1.54, 1.807) is 41.3 Å². The van der Waals surface area contributed by atoms with Gasteiger partial charge in [-0.15, -0.1) is 0 Å². The number of halogens is 1. The predicted molar refractivity (Wildman–Crippen MR) is 126 cm³/mol. The number of piperazine rings is 1. The lowest BCUT2D eigenvalue weighted by Crippen LogP contribution is -2.50. The third kappa shape index (κ3) is 6.36. The second kappa shape index (κ2) is 11.3. The highest BCUT2D eigenvalue weighted by molar-refractivity contribution is 5.94. The first-order valence-corrected chi connectivity index (χ1v) is 11.8. The van der Waals surface area contributed by atoms with E-state index in [1.165, 1.54) is 13.0 Å². The SMILES string of the molecule is CC(=O)c1ccc(N2CCN(C(=O)COC(=O)c3ccc(OCC4CCCO4)cc3)CC2)c(F)c1. The third-order valence-electron chi connectivity index (χ3n) is 6.20. The van der Waals surface area contributed by atoms with Crippen molar-refractivity contribution >= 4 is 23.3 Å². The maximum absolute atomic E-state index is 14.4. The van der Waals surface area contributed by atoms with Crippen LogP contribution in [0.15, 0.2) is 42.5 Å². The molecule has 0 N–H and O–H groups in total. The van der Waals surface area contributed by atoms with E-state index in [4.69, 9.17) is 14.2 Å². The van der Waals surface area contributed by atoms with Gasteiger partial charge in [-0.05, 0) is 62.2 Å². The molecule has 2 aliphatic rings. The first-order valence-electron chi connectivity index (χ1n) is 11.8. The van der Waals surface area contributed by atoms with Gasteiger partial charge in [-0.3, -0.25) is 9.59 Å². The van der Waals surface area contributed by atoms with Crippen molar-refractivity contribution < 1.29 is 33.0 Å². The number of ketones is 1. The zero-order valence-electron chi connectivity index (χ0n) is 19.7. The van der Waals surface area contributed by atoms with E-state index in [9.17, 15) is 18.8 Å². The summed E-state index contributed by atoms with van der Waals surface area (Å²) in [6, 6.07) is 11.0. The minimum absolute atomic E-state index is 0.110. The van der Waals surface area contributed by atoms with E-state index in [1.807, 2.05) is 4.90 Å². The minimum atomic E-state index is -0.588. The summed E-state index contributed by atoms with van der Waals surface area (Å²) < 4.78 is 30.8. The van der Waals surface area contributed by atoms with Crippen LogP contribution in [0.25, 0.3) is 0 Å². The summed E-state index contributed by atoms with van der Waals surface area (Å²) in [6.07, 6.45) is 2.14. The summed E-state index contributed by atoms with van der Waals surface area (Å²) in [7, 11) is 0. The predicted octanol–water partition coefficient (Wildman–Crippen LogP) is 3.09. The number of carbonyl (C=O) groups is 3. The molecule has 0 radical (unpaired) electrons. The summed E-state index contributed by atoms with van der Waals surface area (Å²) in [5.41, 5.74) is 1.05. The van der Waals surface area contributed by atoms with Crippen molar-refractivity contribution in [3.63, 3.8) is 0 Å².